The molecule has 3 N–H and O–H groups in total. The minimum atomic E-state index is -1.17. The Morgan fingerprint density at radius 3 is 2.50 bits per heavy atom. The van der Waals surface area contributed by atoms with Gasteiger partial charge in [-0.2, -0.15) is 0 Å². The lowest BCUT2D eigenvalue weighted by Gasteiger charge is -2.18. The molecule has 0 unspecified atom stereocenters. The SMILES string of the molecule is COC[C@H](Cc1ccc(O)cc1)NC(=O)c1cc(C(=O)O)c2cc(COc3ccccn3)ccc2n1. The van der Waals surface area contributed by atoms with Crippen LogP contribution in [0.25, 0.3) is 10.9 Å². The Hall–Kier alpha value is -4.50. The summed E-state index contributed by atoms with van der Waals surface area (Å²) in [6.07, 6.45) is 2.08. The maximum Gasteiger partial charge on any atom is 0.336 e. The minimum Gasteiger partial charge on any atom is -0.508 e. The molecule has 9 nitrogen and oxygen atoms in total. The number of phenolic OH excluding ortho intramolecular Hbond substituents is 1. The molecule has 4 aromatic rings. The van der Waals surface area contributed by atoms with Gasteiger partial charge in [-0.1, -0.05) is 24.3 Å². The zero-order valence-electron chi connectivity index (χ0n) is 19.5. The molecule has 0 saturated heterocycles. The van der Waals surface area contributed by atoms with E-state index >= 15 is 0 Å². The normalized spacial score (nSPS) is 11.7. The number of ether oxygens (including phenoxy) is 2. The van der Waals surface area contributed by atoms with Crippen molar-refractivity contribution in [3.63, 3.8) is 0 Å². The number of carboxylic acids is 1. The van der Waals surface area contributed by atoms with Crippen LogP contribution in [0.3, 0.4) is 0 Å². The molecule has 2 heterocycles. The van der Waals surface area contributed by atoms with E-state index in [1.807, 2.05) is 6.07 Å². The summed E-state index contributed by atoms with van der Waals surface area (Å²) in [7, 11) is 1.53. The van der Waals surface area contributed by atoms with Gasteiger partial charge in [0.05, 0.1) is 23.7 Å². The molecule has 9 heteroatoms. The minimum absolute atomic E-state index is 0.0100. The molecule has 0 fully saturated rings. The second-order valence-corrected chi connectivity index (χ2v) is 8.16. The molecule has 2 aromatic carbocycles. The highest BCUT2D eigenvalue weighted by Crippen LogP contribution is 2.22. The number of pyridine rings is 2. The van der Waals surface area contributed by atoms with Gasteiger partial charge in [0.25, 0.3) is 5.91 Å². The number of carbonyl (C=O) groups excluding carboxylic acids is 1. The molecule has 0 saturated carbocycles. The zero-order valence-corrected chi connectivity index (χ0v) is 19.5. The molecule has 1 atom stereocenters. The number of carbonyl (C=O) groups is 2. The van der Waals surface area contributed by atoms with E-state index in [2.05, 4.69) is 15.3 Å². The standard InChI is InChI=1S/C27H25N3O6/c1-35-16-19(12-17-5-8-20(31)9-6-17)29-26(32)24-14-22(27(33)34)21-13-18(7-10-23(21)30-24)15-36-25-4-2-3-11-28-25/h2-11,13-14,19,31H,12,15-16H2,1H3,(H,29,32)(H,33,34)/t19-/m0/s1. The van der Waals surface area contributed by atoms with Crippen LogP contribution in [-0.2, 0) is 17.8 Å². The summed E-state index contributed by atoms with van der Waals surface area (Å²) in [5.74, 6) is -1.07. The third kappa shape index (κ3) is 6.13. The average Bonchev–Trinajstić information content (AvgIpc) is 2.88. The van der Waals surface area contributed by atoms with Gasteiger partial charge >= 0.3 is 5.97 Å². The van der Waals surface area contributed by atoms with Crippen molar-refractivity contribution in [3.8, 4) is 11.6 Å². The molecule has 1 amide bonds. The van der Waals surface area contributed by atoms with Crippen LogP contribution < -0.4 is 10.1 Å². The molecule has 36 heavy (non-hydrogen) atoms. The fraction of sp³-hybridized carbons (Fsp3) is 0.185. The largest absolute Gasteiger partial charge is 0.508 e. The molecule has 4 rings (SSSR count). The molecule has 0 aliphatic carbocycles. The Labute approximate surface area is 207 Å². The molecule has 0 bridgehead atoms. The van der Waals surface area contributed by atoms with Gasteiger partial charge in [-0.15, -0.1) is 0 Å². The third-order valence-electron chi connectivity index (χ3n) is 5.48. The maximum absolute atomic E-state index is 13.0. The quantitative estimate of drug-likeness (QED) is 0.309. The Balaban J connectivity index is 1.55. The van der Waals surface area contributed by atoms with Gasteiger partial charge in [0, 0.05) is 24.8 Å². The number of rotatable bonds is 10. The van der Waals surface area contributed by atoms with Crippen molar-refractivity contribution < 1.29 is 29.3 Å². The number of carboxylic acid groups (broad SMARTS) is 1. The first-order valence-electron chi connectivity index (χ1n) is 11.2. The van der Waals surface area contributed by atoms with Crippen molar-refractivity contribution in [2.75, 3.05) is 13.7 Å². The average molecular weight is 488 g/mol. The number of nitrogens with one attached hydrogen (secondary N) is 1. The van der Waals surface area contributed by atoms with Crippen LogP contribution in [0.2, 0.25) is 0 Å². The number of amides is 1. The Morgan fingerprint density at radius 2 is 1.81 bits per heavy atom. The molecule has 0 radical (unpaired) electrons. The van der Waals surface area contributed by atoms with Crippen LogP contribution in [0, 0.1) is 0 Å². The molecular weight excluding hydrogens is 462 g/mol. The Morgan fingerprint density at radius 1 is 1.03 bits per heavy atom. The summed E-state index contributed by atoms with van der Waals surface area (Å²) < 4.78 is 10.9. The van der Waals surface area contributed by atoms with Crippen LogP contribution in [0.1, 0.15) is 32.0 Å². The summed E-state index contributed by atoms with van der Waals surface area (Å²) >= 11 is 0. The lowest BCUT2D eigenvalue weighted by Crippen LogP contribution is -2.40. The van der Waals surface area contributed by atoms with Gasteiger partial charge < -0.3 is 25.0 Å². The molecule has 0 aliphatic rings. The van der Waals surface area contributed by atoms with E-state index < -0.39 is 11.9 Å². The van der Waals surface area contributed by atoms with Crippen molar-refractivity contribution in [1.82, 2.24) is 15.3 Å². The number of methoxy groups -OCH3 is 1. The first-order valence-corrected chi connectivity index (χ1v) is 11.2. The Bertz CT molecular complexity index is 1360. The number of aromatic hydroxyl groups is 1. The van der Waals surface area contributed by atoms with E-state index in [-0.39, 0.29) is 36.3 Å². The van der Waals surface area contributed by atoms with Crippen molar-refractivity contribution in [2.45, 2.75) is 19.1 Å². The van der Waals surface area contributed by atoms with Gasteiger partial charge in [-0.3, -0.25) is 4.79 Å². The van der Waals surface area contributed by atoms with Crippen molar-refractivity contribution >= 4 is 22.8 Å². The van der Waals surface area contributed by atoms with Crippen LogP contribution in [0.5, 0.6) is 11.6 Å². The van der Waals surface area contributed by atoms with E-state index in [1.54, 1.807) is 60.8 Å². The lowest BCUT2D eigenvalue weighted by molar-refractivity contribution is 0.0699. The summed E-state index contributed by atoms with van der Waals surface area (Å²) in [4.78, 5) is 33.6. The number of aromatic carboxylic acids is 1. The zero-order chi connectivity index (χ0) is 25.5. The molecule has 184 valence electrons. The first-order chi connectivity index (χ1) is 17.4. The van der Waals surface area contributed by atoms with Crippen molar-refractivity contribution in [3.05, 3.63) is 95.3 Å². The number of benzene rings is 2. The first kappa shape index (κ1) is 24.6. The van der Waals surface area contributed by atoms with Crippen LogP contribution in [0.4, 0.5) is 0 Å². The van der Waals surface area contributed by atoms with Gasteiger partial charge in [0.1, 0.15) is 18.1 Å². The summed E-state index contributed by atoms with van der Waals surface area (Å²) in [6.45, 7) is 0.440. The number of nitrogens with zero attached hydrogens (tertiary/aromatic N) is 2. The monoisotopic (exact) mass is 487 g/mol. The van der Waals surface area contributed by atoms with Crippen molar-refractivity contribution in [1.29, 1.82) is 0 Å². The maximum atomic E-state index is 13.0. The van der Waals surface area contributed by atoms with Gasteiger partial charge in [0.2, 0.25) is 5.88 Å². The van der Waals surface area contributed by atoms with Crippen LogP contribution >= 0.6 is 0 Å². The predicted octanol–water partition coefficient (Wildman–Crippen LogP) is 3.60. The number of hydrogen-bond acceptors (Lipinski definition) is 7. The van der Waals surface area contributed by atoms with Crippen LogP contribution in [-0.4, -0.2) is 51.8 Å². The fourth-order valence-corrected chi connectivity index (χ4v) is 3.77. The van der Waals surface area contributed by atoms with E-state index in [4.69, 9.17) is 9.47 Å². The third-order valence-corrected chi connectivity index (χ3v) is 5.48. The molecule has 2 aromatic heterocycles. The van der Waals surface area contributed by atoms with Gasteiger partial charge in [0.15, 0.2) is 0 Å². The lowest BCUT2D eigenvalue weighted by atomic mass is 10.0. The number of aromatic nitrogens is 2. The number of fused-ring (bicyclic) bond motifs is 1. The van der Waals surface area contributed by atoms with Crippen LogP contribution in [0.15, 0.2) is 72.9 Å². The molecule has 0 aliphatic heterocycles. The second kappa shape index (κ2) is 11.3. The Kier molecular flexibility index (Phi) is 7.72. The summed E-state index contributed by atoms with van der Waals surface area (Å²) in [5, 5.41) is 22.6. The van der Waals surface area contributed by atoms with E-state index in [9.17, 15) is 19.8 Å². The van der Waals surface area contributed by atoms with Gasteiger partial charge in [-0.25, -0.2) is 14.8 Å². The van der Waals surface area contributed by atoms with Crippen molar-refractivity contribution in [2.24, 2.45) is 0 Å². The molecule has 0 spiro atoms. The van der Waals surface area contributed by atoms with Gasteiger partial charge in [-0.05, 0) is 53.9 Å². The summed E-state index contributed by atoms with van der Waals surface area (Å²) in [5.41, 5.74) is 1.97. The number of phenols is 1. The second-order valence-electron chi connectivity index (χ2n) is 8.16. The topological polar surface area (TPSA) is 131 Å². The van der Waals surface area contributed by atoms with E-state index in [0.29, 0.717) is 23.2 Å². The highest BCUT2D eigenvalue weighted by atomic mass is 16.5. The summed E-state index contributed by atoms with van der Waals surface area (Å²) in [6, 6.07) is 18.0. The van der Waals surface area contributed by atoms with E-state index in [1.165, 1.54) is 13.2 Å². The molecular formula is C27H25N3O6. The highest BCUT2D eigenvalue weighted by Gasteiger charge is 2.20. The predicted molar refractivity (Wildman–Crippen MR) is 132 cm³/mol. The smallest absolute Gasteiger partial charge is 0.336 e. The highest BCUT2D eigenvalue weighted by molar-refractivity contribution is 6.06. The fourth-order valence-electron chi connectivity index (χ4n) is 3.77. The number of hydrogen-bond donors (Lipinski definition) is 3. The van der Waals surface area contributed by atoms with E-state index in [0.717, 1.165) is 11.1 Å².